The first-order valence-electron chi connectivity index (χ1n) is 8.31. The lowest BCUT2D eigenvalue weighted by Crippen LogP contribution is -2.40. The number of imidazole rings is 1. The predicted octanol–water partition coefficient (Wildman–Crippen LogP) is 0.957. The topological polar surface area (TPSA) is 93.4 Å². The first-order valence-corrected chi connectivity index (χ1v) is 9.75. The summed E-state index contributed by atoms with van der Waals surface area (Å²) in [6.07, 6.45) is 0. The zero-order chi connectivity index (χ0) is 20.6. The molecule has 1 aromatic heterocycles. The van der Waals surface area contributed by atoms with Crippen LogP contribution in [0.2, 0.25) is 0 Å². The van der Waals surface area contributed by atoms with Gasteiger partial charge in [-0.25, -0.2) is 17.6 Å². The van der Waals surface area contributed by atoms with Gasteiger partial charge in [-0.15, -0.1) is 0 Å². The van der Waals surface area contributed by atoms with E-state index in [0.717, 1.165) is 6.07 Å². The summed E-state index contributed by atoms with van der Waals surface area (Å²) in [7, 11) is 0.183. The van der Waals surface area contributed by atoms with Crippen molar-refractivity contribution < 1.29 is 17.6 Å². The van der Waals surface area contributed by atoms with E-state index in [2.05, 4.69) is 5.32 Å². The number of aromatic nitrogens is 2. The molecule has 0 aliphatic heterocycles. The number of hydrogen-bond donors (Lipinski definition) is 1. The summed E-state index contributed by atoms with van der Waals surface area (Å²) in [6, 6.07) is 9.48. The molecule has 3 aromatic rings. The molecule has 0 spiro atoms. The fourth-order valence-corrected chi connectivity index (χ4v) is 4.39. The van der Waals surface area contributed by atoms with E-state index in [1.165, 1.54) is 59.6 Å². The molecule has 3 rings (SSSR count). The maximum atomic E-state index is 14.3. The summed E-state index contributed by atoms with van der Waals surface area (Å²) in [5, 5.41) is 2.34. The minimum atomic E-state index is -4.29. The highest BCUT2D eigenvalue weighted by molar-refractivity contribution is 7.92. The van der Waals surface area contributed by atoms with E-state index in [9.17, 15) is 22.4 Å². The number of halogens is 1. The Kier molecular flexibility index (Phi) is 4.99. The lowest BCUT2D eigenvalue weighted by atomic mass is 10.3. The lowest BCUT2D eigenvalue weighted by Gasteiger charge is -2.24. The summed E-state index contributed by atoms with van der Waals surface area (Å²) >= 11 is 0. The molecule has 0 saturated heterocycles. The number of nitrogens with zero attached hydrogens (tertiary/aromatic N) is 3. The number of para-hydroxylation sites is 1. The van der Waals surface area contributed by atoms with Crippen molar-refractivity contribution in [1.82, 2.24) is 14.5 Å². The van der Waals surface area contributed by atoms with Crippen molar-refractivity contribution in [3.63, 3.8) is 0 Å². The zero-order valence-electron chi connectivity index (χ0n) is 15.5. The molecule has 0 bridgehead atoms. The SMILES string of the molecule is CNC(=O)CN(c1ccccc1F)S(=O)(=O)c1ccc2c(c1)n(C)c(=O)n2C. The molecule has 28 heavy (non-hydrogen) atoms. The molecule has 0 fully saturated rings. The highest BCUT2D eigenvalue weighted by Gasteiger charge is 2.29. The van der Waals surface area contributed by atoms with E-state index in [0.29, 0.717) is 15.3 Å². The second-order valence-corrected chi connectivity index (χ2v) is 8.05. The van der Waals surface area contributed by atoms with Crippen LogP contribution in [0.1, 0.15) is 0 Å². The third kappa shape index (κ3) is 3.15. The molecule has 2 aromatic carbocycles. The number of amides is 1. The number of anilines is 1. The molecule has 0 atom stereocenters. The van der Waals surface area contributed by atoms with E-state index in [-0.39, 0.29) is 16.3 Å². The van der Waals surface area contributed by atoms with Gasteiger partial charge in [0, 0.05) is 21.1 Å². The normalized spacial score (nSPS) is 11.6. The Balaban J connectivity index is 2.20. The van der Waals surface area contributed by atoms with E-state index < -0.39 is 28.3 Å². The van der Waals surface area contributed by atoms with Gasteiger partial charge in [0.1, 0.15) is 12.4 Å². The molecule has 0 saturated carbocycles. The summed E-state index contributed by atoms with van der Waals surface area (Å²) in [6.45, 7) is -0.592. The summed E-state index contributed by atoms with van der Waals surface area (Å²) in [5.41, 5.74) is 0.409. The standard InChI is InChI=1S/C18H19FN4O4S/c1-20-17(24)11-23(14-7-5-4-6-13(14)19)28(26,27)12-8-9-15-16(10-12)22(3)18(25)21(15)2/h4-10H,11H2,1-3H3,(H,20,24). The third-order valence-corrected chi connectivity index (χ3v) is 6.27. The van der Waals surface area contributed by atoms with Gasteiger partial charge in [-0.1, -0.05) is 12.1 Å². The van der Waals surface area contributed by atoms with Gasteiger partial charge < -0.3 is 5.32 Å². The smallest absolute Gasteiger partial charge is 0.328 e. The molecule has 0 unspecified atom stereocenters. The van der Waals surface area contributed by atoms with Crippen LogP contribution < -0.4 is 15.3 Å². The number of nitrogens with one attached hydrogen (secondary N) is 1. The zero-order valence-corrected chi connectivity index (χ0v) is 16.3. The average molecular weight is 406 g/mol. The number of carbonyl (C=O) groups is 1. The molecule has 1 N–H and O–H groups in total. The summed E-state index contributed by atoms with van der Waals surface area (Å²) < 4.78 is 44.3. The maximum absolute atomic E-state index is 14.3. The number of sulfonamides is 1. The number of rotatable bonds is 5. The van der Waals surface area contributed by atoms with Gasteiger partial charge in [0.25, 0.3) is 10.0 Å². The molecule has 1 amide bonds. The van der Waals surface area contributed by atoms with E-state index in [4.69, 9.17) is 0 Å². The van der Waals surface area contributed by atoms with E-state index in [1.807, 2.05) is 0 Å². The molecule has 8 nitrogen and oxygen atoms in total. The molecule has 0 aliphatic rings. The maximum Gasteiger partial charge on any atom is 0.328 e. The number of fused-ring (bicyclic) bond motifs is 1. The Morgan fingerprint density at radius 2 is 1.75 bits per heavy atom. The third-order valence-electron chi connectivity index (χ3n) is 4.52. The first-order chi connectivity index (χ1) is 13.2. The van der Waals surface area contributed by atoms with Crippen molar-refractivity contribution in [1.29, 1.82) is 0 Å². The molecule has 1 heterocycles. The van der Waals surface area contributed by atoms with Crippen molar-refractivity contribution in [2.45, 2.75) is 4.90 Å². The van der Waals surface area contributed by atoms with Crippen LogP contribution in [0.15, 0.2) is 52.2 Å². The average Bonchev–Trinajstić information content (AvgIpc) is 2.90. The Hall–Kier alpha value is -3.14. The van der Waals surface area contributed by atoms with Gasteiger partial charge in [0.15, 0.2) is 0 Å². The van der Waals surface area contributed by atoms with Crippen molar-refractivity contribution >= 4 is 32.7 Å². The van der Waals surface area contributed by atoms with Crippen LogP contribution in [0.4, 0.5) is 10.1 Å². The number of carbonyl (C=O) groups excluding carboxylic acids is 1. The minimum absolute atomic E-state index is 0.159. The fourth-order valence-electron chi connectivity index (χ4n) is 2.94. The quantitative estimate of drug-likeness (QED) is 0.683. The van der Waals surface area contributed by atoms with Crippen LogP contribution in [0.25, 0.3) is 11.0 Å². The van der Waals surface area contributed by atoms with Gasteiger partial charge in [-0.3, -0.25) is 18.2 Å². The van der Waals surface area contributed by atoms with Crippen molar-refractivity contribution in [3.8, 4) is 0 Å². The predicted molar refractivity (Wildman–Crippen MR) is 103 cm³/mol. The van der Waals surface area contributed by atoms with Gasteiger partial charge in [0.05, 0.1) is 21.6 Å². The Morgan fingerprint density at radius 3 is 2.39 bits per heavy atom. The Labute approximate surface area is 160 Å². The minimum Gasteiger partial charge on any atom is -0.358 e. The van der Waals surface area contributed by atoms with E-state index >= 15 is 0 Å². The van der Waals surface area contributed by atoms with Crippen LogP contribution in [0.3, 0.4) is 0 Å². The second-order valence-electron chi connectivity index (χ2n) is 6.19. The Bertz CT molecular complexity index is 1230. The van der Waals surface area contributed by atoms with Crippen LogP contribution in [0.5, 0.6) is 0 Å². The Morgan fingerprint density at radius 1 is 1.11 bits per heavy atom. The van der Waals surface area contributed by atoms with Crippen molar-refractivity contribution in [2.75, 3.05) is 17.9 Å². The number of likely N-dealkylation sites (N-methyl/N-ethyl adjacent to an activating group) is 1. The summed E-state index contributed by atoms with van der Waals surface area (Å²) in [5.74, 6) is -1.37. The van der Waals surface area contributed by atoms with Crippen LogP contribution in [-0.2, 0) is 28.9 Å². The first kappa shape index (κ1) is 19.6. The molecule has 0 radical (unpaired) electrons. The number of hydrogen-bond acceptors (Lipinski definition) is 4. The van der Waals surface area contributed by atoms with Crippen molar-refractivity contribution in [2.24, 2.45) is 14.1 Å². The lowest BCUT2D eigenvalue weighted by molar-refractivity contribution is -0.119. The molecule has 10 heteroatoms. The van der Waals surface area contributed by atoms with Gasteiger partial charge in [0.2, 0.25) is 5.91 Å². The molecular weight excluding hydrogens is 387 g/mol. The molecule has 0 aliphatic carbocycles. The van der Waals surface area contributed by atoms with Crippen LogP contribution in [-0.4, -0.2) is 37.1 Å². The number of aryl methyl sites for hydroxylation is 2. The van der Waals surface area contributed by atoms with Crippen molar-refractivity contribution in [3.05, 3.63) is 58.8 Å². The number of benzene rings is 2. The van der Waals surface area contributed by atoms with Gasteiger partial charge in [-0.05, 0) is 30.3 Å². The molecule has 148 valence electrons. The van der Waals surface area contributed by atoms with Crippen LogP contribution in [0, 0.1) is 5.82 Å². The van der Waals surface area contributed by atoms with Gasteiger partial charge in [-0.2, -0.15) is 0 Å². The van der Waals surface area contributed by atoms with E-state index in [1.54, 1.807) is 7.05 Å². The highest BCUT2D eigenvalue weighted by atomic mass is 32.2. The highest BCUT2D eigenvalue weighted by Crippen LogP contribution is 2.27. The summed E-state index contributed by atoms with van der Waals surface area (Å²) in [4.78, 5) is 23.8. The van der Waals surface area contributed by atoms with Gasteiger partial charge >= 0.3 is 5.69 Å². The monoisotopic (exact) mass is 406 g/mol. The fraction of sp³-hybridized carbons (Fsp3) is 0.222. The molecular formula is C18H19FN4O4S. The largest absolute Gasteiger partial charge is 0.358 e. The van der Waals surface area contributed by atoms with Crippen LogP contribution >= 0.6 is 0 Å². The second kappa shape index (κ2) is 7.12.